The Kier molecular flexibility index (Phi) is 5.95. The second kappa shape index (κ2) is 9.35. The number of carbonyl (C=O) groups excluding carboxylic acids is 2. The minimum Gasteiger partial charge on any atom is -0.337 e. The van der Waals surface area contributed by atoms with Gasteiger partial charge in [0.15, 0.2) is 0 Å². The van der Waals surface area contributed by atoms with Crippen molar-refractivity contribution in [3.63, 3.8) is 0 Å². The molecule has 3 aromatic carbocycles. The standard InChI is InChI=1S/C28H26N4O2/c1-30(28(34)22-12-8-15-25(18-22)31-17-9-16-26(31)33)19-23-20-32(24-13-6-3-7-14-24)29-27(23)21-10-4-2-5-11-21/h2-8,10-15,18,20H,9,16-17,19H2,1H3. The maximum absolute atomic E-state index is 13.3. The van der Waals surface area contributed by atoms with E-state index in [0.29, 0.717) is 25.1 Å². The summed E-state index contributed by atoms with van der Waals surface area (Å²) in [5, 5.41) is 4.85. The average molecular weight is 451 g/mol. The zero-order valence-corrected chi connectivity index (χ0v) is 19.1. The molecule has 0 spiro atoms. The lowest BCUT2D eigenvalue weighted by Crippen LogP contribution is -2.27. The van der Waals surface area contributed by atoms with Crippen LogP contribution in [0.3, 0.4) is 0 Å². The molecule has 2 heterocycles. The van der Waals surface area contributed by atoms with Crippen molar-refractivity contribution in [1.29, 1.82) is 0 Å². The zero-order chi connectivity index (χ0) is 23.5. The van der Waals surface area contributed by atoms with E-state index in [1.54, 1.807) is 22.9 Å². The van der Waals surface area contributed by atoms with E-state index in [1.165, 1.54) is 0 Å². The van der Waals surface area contributed by atoms with Crippen LogP contribution >= 0.6 is 0 Å². The number of rotatable bonds is 6. The van der Waals surface area contributed by atoms with Gasteiger partial charge in [0, 0.05) is 55.1 Å². The number of aromatic nitrogens is 2. The van der Waals surface area contributed by atoms with Crippen LogP contribution in [-0.4, -0.2) is 40.1 Å². The molecule has 0 aliphatic carbocycles. The van der Waals surface area contributed by atoms with Crippen LogP contribution in [0.5, 0.6) is 0 Å². The summed E-state index contributed by atoms with van der Waals surface area (Å²) in [5.41, 5.74) is 5.11. The highest BCUT2D eigenvalue weighted by atomic mass is 16.2. The highest BCUT2D eigenvalue weighted by Gasteiger charge is 2.23. The Morgan fingerprint density at radius 1 is 0.941 bits per heavy atom. The molecule has 1 aliphatic rings. The van der Waals surface area contributed by atoms with Crippen molar-refractivity contribution < 1.29 is 9.59 Å². The van der Waals surface area contributed by atoms with Gasteiger partial charge in [0.25, 0.3) is 5.91 Å². The average Bonchev–Trinajstić information content (AvgIpc) is 3.51. The van der Waals surface area contributed by atoms with Gasteiger partial charge in [-0.05, 0) is 36.8 Å². The first-order valence-electron chi connectivity index (χ1n) is 11.5. The first kappa shape index (κ1) is 21.6. The summed E-state index contributed by atoms with van der Waals surface area (Å²) in [5.74, 6) is 0.0127. The van der Waals surface area contributed by atoms with Gasteiger partial charge >= 0.3 is 0 Å². The van der Waals surface area contributed by atoms with Crippen molar-refractivity contribution in [1.82, 2.24) is 14.7 Å². The van der Waals surface area contributed by atoms with Crippen molar-refractivity contribution in [3.05, 3.63) is 102 Å². The minimum absolute atomic E-state index is 0.0973. The molecule has 170 valence electrons. The first-order valence-corrected chi connectivity index (χ1v) is 11.5. The van der Waals surface area contributed by atoms with Crippen molar-refractivity contribution in [3.8, 4) is 16.9 Å². The molecule has 1 fully saturated rings. The molecule has 34 heavy (non-hydrogen) atoms. The van der Waals surface area contributed by atoms with Crippen molar-refractivity contribution >= 4 is 17.5 Å². The van der Waals surface area contributed by atoms with Gasteiger partial charge in [-0.2, -0.15) is 5.10 Å². The summed E-state index contributed by atoms with van der Waals surface area (Å²) in [6.45, 7) is 1.11. The molecule has 6 nitrogen and oxygen atoms in total. The molecule has 0 bridgehead atoms. The molecule has 5 rings (SSSR count). The Labute approximate surface area is 199 Å². The van der Waals surface area contributed by atoms with Crippen LogP contribution in [0, 0.1) is 0 Å². The molecular formula is C28H26N4O2. The number of amides is 2. The highest BCUT2D eigenvalue weighted by molar-refractivity contribution is 5.99. The lowest BCUT2D eigenvalue weighted by Gasteiger charge is -2.20. The predicted molar refractivity (Wildman–Crippen MR) is 133 cm³/mol. The molecule has 2 amide bonds. The van der Waals surface area contributed by atoms with E-state index in [0.717, 1.165) is 34.6 Å². The molecule has 0 saturated carbocycles. The highest BCUT2D eigenvalue weighted by Crippen LogP contribution is 2.26. The number of para-hydroxylation sites is 1. The van der Waals surface area contributed by atoms with E-state index in [2.05, 4.69) is 0 Å². The Balaban J connectivity index is 1.43. The van der Waals surface area contributed by atoms with Crippen LogP contribution in [0.2, 0.25) is 0 Å². The number of carbonyl (C=O) groups is 2. The van der Waals surface area contributed by atoms with E-state index < -0.39 is 0 Å². The summed E-state index contributed by atoms with van der Waals surface area (Å²) in [6, 6.07) is 27.3. The normalized spacial score (nSPS) is 13.3. The van der Waals surface area contributed by atoms with Crippen LogP contribution < -0.4 is 4.90 Å². The van der Waals surface area contributed by atoms with Gasteiger partial charge in [0.2, 0.25) is 5.91 Å². The van der Waals surface area contributed by atoms with Gasteiger partial charge in [0.1, 0.15) is 0 Å². The third-order valence-electron chi connectivity index (χ3n) is 6.09. The Morgan fingerprint density at radius 3 is 2.35 bits per heavy atom. The van der Waals surface area contributed by atoms with Crippen LogP contribution in [0.4, 0.5) is 5.69 Å². The number of hydrogen-bond acceptors (Lipinski definition) is 3. The SMILES string of the molecule is CN(Cc1cn(-c2ccccc2)nc1-c1ccccc1)C(=O)c1cccc(N2CCCC2=O)c1. The molecule has 1 saturated heterocycles. The molecule has 6 heteroatoms. The molecule has 0 radical (unpaired) electrons. The second-order valence-corrected chi connectivity index (χ2v) is 8.51. The third kappa shape index (κ3) is 4.35. The van der Waals surface area contributed by atoms with Crippen LogP contribution in [0.25, 0.3) is 16.9 Å². The molecule has 0 unspecified atom stereocenters. The fraction of sp³-hybridized carbons (Fsp3) is 0.179. The molecule has 4 aromatic rings. The number of anilines is 1. The number of hydrogen-bond donors (Lipinski definition) is 0. The van der Waals surface area contributed by atoms with Crippen molar-refractivity contribution in [2.24, 2.45) is 0 Å². The topological polar surface area (TPSA) is 58.4 Å². The van der Waals surface area contributed by atoms with E-state index in [-0.39, 0.29) is 11.8 Å². The number of nitrogens with zero attached hydrogens (tertiary/aromatic N) is 4. The van der Waals surface area contributed by atoms with Crippen LogP contribution in [-0.2, 0) is 11.3 Å². The van der Waals surface area contributed by atoms with Crippen molar-refractivity contribution in [2.75, 3.05) is 18.5 Å². The van der Waals surface area contributed by atoms with E-state index in [4.69, 9.17) is 5.10 Å². The summed E-state index contributed by atoms with van der Waals surface area (Å²) in [7, 11) is 1.80. The number of benzene rings is 3. The molecule has 0 atom stereocenters. The Hall–Kier alpha value is -4.19. The van der Waals surface area contributed by atoms with E-state index >= 15 is 0 Å². The molecule has 1 aliphatic heterocycles. The summed E-state index contributed by atoms with van der Waals surface area (Å²) < 4.78 is 1.86. The first-order chi connectivity index (χ1) is 16.6. The fourth-order valence-corrected chi connectivity index (χ4v) is 4.35. The van der Waals surface area contributed by atoms with Gasteiger partial charge < -0.3 is 9.80 Å². The van der Waals surface area contributed by atoms with E-state index in [1.807, 2.05) is 89.7 Å². The molecule has 0 N–H and O–H groups in total. The fourth-order valence-electron chi connectivity index (χ4n) is 4.35. The Morgan fingerprint density at radius 2 is 1.65 bits per heavy atom. The van der Waals surface area contributed by atoms with E-state index in [9.17, 15) is 9.59 Å². The maximum Gasteiger partial charge on any atom is 0.253 e. The van der Waals surface area contributed by atoms with Crippen molar-refractivity contribution in [2.45, 2.75) is 19.4 Å². The molecule has 1 aromatic heterocycles. The Bertz CT molecular complexity index is 1310. The van der Waals surface area contributed by atoms with Gasteiger partial charge in [-0.1, -0.05) is 54.6 Å². The lowest BCUT2D eigenvalue weighted by molar-refractivity contribution is -0.117. The largest absolute Gasteiger partial charge is 0.337 e. The van der Waals surface area contributed by atoms with Gasteiger partial charge in [0.05, 0.1) is 11.4 Å². The molecular weight excluding hydrogens is 424 g/mol. The summed E-state index contributed by atoms with van der Waals surface area (Å²) in [4.78, 5) is 28.9. The minimum atomic E-state index is -0.0973. The summed E-state index contributed by atoms with van der Waals surface area (Å²) in [6.07, 6.45) is 3.40. The van der Waals surface area contributed by atoms with Crippen LogP contribution in [0.15, 0.2) is 91.1 Å². The van der Waals surface area contributed by atoms with Gasteiger partial charge in [-0.15, -0.1) is 0 Å². The zero-order valence-electron chi connectivity index (χ0n) is 19.1. The van der Waals surface area contributed by atoms with Crippen LogP contribution in [0.1, 0.15) is 28.8 Å². The third-order valence-corrected chi connectivity index (χ3v) is 6.09. The summed E-state index contributed by atoms with van der Waals surface area (Å²) >= 11 is 0. The van der Waals surface area contributed by atoms with Gasteiger partial charge in [-0.3, -0.25) is 9.59 Å². The maximum atomic E-state index is 13.3. The predicted octanol–water partition coefficient (Wildman–Crippen LogP) is 4.94. The monoisotopic (exact) mass is 450 g/mol. The second-order valence-electron chi connectivity index (χ2n) is 8.51. The quantitative estimate of drug-likeness (QED) is 0.418. The van der Waals surface area contributed by atoms with Gasteiger partial charge in [-0.25, -0.2) is 4.68 Å². The smallest absolute Gasteiger partial charge is 0.253 e. The lowest BCUT2D eigenvalue weighted by atomic mass is 10.1.